The molecule has 0 atom stereocenters. The van der Waals surface area contributed by atoms with Crippen molar-refractivity contribution in [2.24, 2.45) is 0 Å². The second-order valence-electron chi connectivity index (χ2n) is 4.14. The first kappa shape index (κ1) is 14.6. The lowest BCUT2D eigenvalue weighted by Crippen LogP contribution is -2.15. The molecule has 0 unspecified atom stereocenters. The van der Waals surface area contributed by atoms with Crippen molar-refractivity contribution in [1.82, 2.24) is 0 Å². The Morgan fingerprint density at radius 1 is 1.15 bits per heavy atom. The lowest BCUT2D eigenvalue weighted by Gasteiger charge is -2.09. The fourth-order valence-electron chi connectivity index (χ4n) is 1.63. The van der Waals surface area contributed by atoms with Gasteiger partial charge in [-0.25, -0.2) is 13.2 Å². The predicted octanol–water partition coefficient (Wildman–Crippen LogP) is 4.43. The highest BCUT2D eigenvalue weighted by atomic mass is 79.9. The van der Waals surface area contributed by atoms with Gasteiger partial charge in [-0.1, -0.05) is 12.1 Å². The topological polar surface area (TPSA) is 29.1 Å². The molecule has 1 N–H and O–H groups in total. The van der Waals surface area contributed by atoms with E-state index in [2.05, 4.69) is 21.2 Å². The quantitative estimate of drug-likeness (QED) is 0.803. The molecule has 2 rings (SSSR count). The van der Waals surface area contributed by atoms with Crippen molar-refractivity contribution in [3.05, 3.63) is 63.4 Å². The Kier molecular flexibility index (Phi) is 4.13. The number of amides is 1. The molecule has 0 heterocycles. The van der Waals surface area contributed by atoms with Crippen LogP contribution in [0.15, 0.2) is 34.8 Å². The zero-order valence-electron chi connectivity index (χ0n) is 10.3. The van der Waals surface area contributed by atoms with Crippen LogP contribution in [0, 0.1) is 24.4 Å². The van der Waals surface area contributed by atoms with E-state index in [1.165, 1.54) is 25.1 Å². The van der Waals surface area contributed by atoms with Gasteiger partial charge in [0, 0.05) is 6.07 Å². The molecule has 2 aromatic rings. The van der Waals surface area contributed by atoms with Gasteiger partial charge in [-0.3, -0.25) is 4.79 Å². The van der Waals surface area contributed by atoms with Gasteiger partial charge in [-0.2, -0.15) is 0 Å². The minimum Gasteiger partial charge on any atom is -0.319 e. The maximum absolute atomic E-state index is 13.8. The van der Waals surface area contributed by atoms with Gasteiger partial charge in [0.25, 0.3) is 5.91 Å². The van der Waals surface area contributed by atoms with Crippen molar-refractivity contribution in [2.45, 2.75) is 6.92 Å². The molecule has 2 aromatic carbocycles. The van der Waals surface area contributed by atoms with E-state index >= 15 is 0 Å². The highest BCUT2D eigenvalue weighted by Crippen LogP contribution is 2.24. The monoisotopic (exact) mass is 343 g/mol. The molecule has 0 aliphatic rings. The van der Waals surface area contributed by atoms with Crippen molar-refractivity contribution in [2.75, 3.05) is 5.32 Å². The third-order valence-corrected chi connectivity index (χ3v) is 3.30. The van der Waals surface area contributed by atoms with Crippen LogP contribution in [0.2, 0.25) is 0 Å². The average molecular weight is 344 g/mol. The number of benzene rings is 2. The summed E-state index contributed by atoms with van der Waals surface area (Å²) in [6.45, 7) is 1.52. The van der Waals surface area contributed by atoms with Crippen LogP contribution in [0.4, 0.5) is 18.9 Å². The molecule has 0 bridgehead atoms. The molecule has 0 aromatic heterocycles. The Morgan fingerprint density at radius 3 is 2.55 bits per heavy atom. The van der Waals surface area contributed by atoms with Crippen LogP contribution >= 0.6 is 15.9 Å². The molecule has 0 aliphatic heterocycles. The standard InChI is InChI=1S/C14H9BrF3NO/c1-7-3-2-4-8(13(7)18)14(20)19-12-5-9(15)10(16)6-11(12)17/h2-6H,1H3,(H,19,20). The zero-order chi connectivity index (χ0) is 14.9. The Morgan fingerprint density at radius 2 is 1.85 bits per heavy atom. The summed E-state index contributed by atoms with van der Waals surface area (Å²) < 4.78 is 40.4. The summed E-state index contributed by atoms with van der Waals surface area (Å²) in [5, 5.41) is 2.21. The maximum atomic E-state index is 13.8. The van der Waals surface area contributed by atoms with Crippen LogP contribution < -0.4 is 5.32 Å². The summed E-state index contributed by atoms with van der Waals surface area (Å²) in [4.78, 5) is 11.9. The van der Waals surface area contributed by atoms with Crippen molar-refractivity contribution < 1.29 is 18.0 Å². The molecule has 20 heavy (non-hydrogen) atoms. The van der Waals surface area contributed by atoms with E-state index in [-0.39, 0.29) is 15.7 Å². The number of carbonyl (C=O) groups is 1. The van der Waals surface area contributed by atoms with Crippen LogP contribution in [0.5, 0.6) is 0 Å². The second kappa shape index (κ2) is 5.66. The fourth-order valence-corrected chi connectivity index (χ4v) is 1.97. The molecule has 0 spiro atoms. The molecule has 0 saturated heterocycles. The summed E-state index contributed by atoms with van der Waals surface area (Å²) in [6.07, 6.45) is 0. The normalized spacial score (nSPS) is 10.4. The number of rotatable bonds is 2. The van der Waals surface area contributed by atoms with Gasteiger partial charge in [-0.15, -0.1) is 0 Å². The number of anilines is 1. The van der Waals surface area contributed by atoms with Gasteiger partial charge < -0.3 is 5.32 Å². The highest BCUT2D eigenvalue weighted by molar-refractivity contribution is 9.10. The summed E-state index contributed by atoms with van der Waals surface area (Å²) in [5.41, 5.74) is -0.132. The molecule has 104 valence electrons. The van der Waals surface area contributed by atoms with Gasteiger partial charge in [0.15, 0.2) is 0 Å². The van der Waals surface area contributed by atoms with Crippen LogP contribution in [0.25, 0.3) is 0 Å². The fraction of sp³-hybridized carbons (Fsp3) is 0.0714. The third-order valence-electron chi connectivity index (χ3n) is 2.69. The largest absolute Gasteiger partial charge is 0.319 e. The van der Waals surface area contributed by atoms with Gasteiger partial charge >= 0.3 is 0 Å². The number of carbonyl (C=O) groups excluding carboxylic acids is 1. The van der Waals surface area contributed by atoms with Crippen molar-refractivity contribution in [3.8, 4) is 0 Å². The van der Waals surface area contributed by atoms with Gasteiger partial charge in [-0.05, 0) is 40.5 Å². The van der Waals surface area contributed by atoms with E-state index in [0.717, 1.165) is 6.07 Å². The zero-order valence-corrected chi connectivity index (χ0v) is 11.9. The number of hydrogen-bond donors (Lipinski definition) is 1. The van der Waals surface area contributed by atoms with E-state index in [1.807, 2.05) is 0 Å². The van der Waals surface area contributed by atoms with Crippen LogP contribution in [0.1, 0.15) is 15.9 Å². The first-order chi connectivity index (χ1) is 9.40. The number of hydrogen-bond acceptors (Lipinski definition) is 1. The molecule has 0 fully saturated rings. The van der Waals surface area contributed by atoms with Gasteiger partial charge in [0.2, 0.25) is 0 Å². The number of aryl methyl sites for hydroxylation is 1. The second-order valence-corrected chi connectivity index (χ2v) is 4.99. The van der Waals surface area contributed by atoms with Crippen LogP contribution in [0.3, 0.4) is 0 Å². The predicted molar refractivity (Wildman–Crippen MR) is 73.1 cm³/mol. The van der Waals surface area contributed by atoms with Gasteiger partial charge in [0.1, 0.15) is 17.5 Å². The van der Waals surface area contributed by atoms with E-state index in [0.29, 0.717) is 11.6 Å². The van der Waals surface area contributed by atoms with E-state index < -0.39 is 23.4 Å². The Bertz CT molecular complexity index is 688. The van der Waals surface area contributed by atoms with Gasteiger partial charge in [0.05, 0.1) is 15.7 Å². The van der Waals surface area contributed by atoms with Crippen molar-refractivity contribution in [1.29, 1.82) is 0 Å². The first-order valence-electron chi connectivity index (χ1n) is 5.61. The molecule has 2 nitrogen and oxygen atoms in total. The molecule has 0 saturated carbocycles. The molecular weight excluding hydrogens is 335 g/mol. The Balaban J connectivity index is 2.33. The average Bonchev–Trinajstić information content (AvgIpc) is 2.39. The van der Waals surface area contributed by atoms with E-state index in [9.17, 15) is 18.0 Å². The molecule has 0 radical (unpaired) electrons. The summed E-state index contributed by atoms with van der Waals surface area (Å²) in [5.74, 6) is -3.20. The highest BCUT2D eigenvalue weighted by Gasteiger charge is 2.16. The lowest BCUT2D eigenvalue weighted by atomic mass is 10.1. The lowest BCUT2D eigenvalue weighted by molar-refractivity contribution is 0.102. The summed E-state index contributed by atoms with van der Waals surface area (Å²) in [6, 6.07) is 6.03. The summed E-state index contributed by atoms with van der Waals surface area (Å²) in [7, 11) is 0. The van der Waals surface area contributed by atoms with E-state index in [1.54, 1.807) is 0 Å². The van der Waals surface area contributed by atoms with Crippen molar-refractivity contribution >= 4 is 27.5 Å². The number of nitrogens with one attached hydrogen (secondary N) is 1. The SMILES string of the molecule is Cc1cccc(C(=O)Nc2cc(Br)c(F)cc2F)c1F. The summed E-state index contributed by atoms with van der Waals surface area (Å²) >= 11 is 2.89. The third kappa shape index (κ3) is 2.85. The minimum atomic E-state index is -0.938. The first-order valence-corrected chi connectivity index (χ1v) is 6.40. The molecule has 6 heteroatoms. The molecule has 0 aliphatic carbocycles. The molecular formula is C14H9BrF3NO. The van der Waals surface area contributed by atoms with Crippen LogP contribution in [-0.2, 0) is 0 Å². The van der Waals surface area contributed by atoms with E-state index in [4.69, 9.17) is 0 Å². The Hall–Kier alpha value is -1.82. The Labute approximate surface area is 121 Å². The maximum Gasteiger partial charge on any atom is 0.258 e. The minimum absolute atomic E-state index is 0.00101. The smallest absolute Gasteiger partial charge is 0.258 e. The number of halogens is 4. The molecule has 1 amide bonds. The van der Waals surface area contributed by atoms with Crippen molar-refractivity contribution in [3.63, 3.8) is 0 Å². The van der Waals surface area contributed by atoms with Crippen LogP contribution in [-0.4, -0.2) is 5.91 Å².